The van der Waals surface area contributed by atoms with Gasteiger partial charge in [0.15, 0.2) is 0 Å². The van der Waals surface area contributed by atoms with Crippen molar-refractivity contribution in [2.45, 2.75) is 36.6 Å². The minimum absolute atomic E-state index is 0.358. The second-order valence-corrected chi connectivity index (χ2v) is 9.43. The second kappa shape index (κ2) is 6.88. The van der Waals surface area contributed by atoms with E-state index in [1.54, 1.807) is 16.4 Å². The number of hydrogen-bond acceptors (Lipinski definition) is 3. The molecule has 1 saturated carbocycles. The molecule has 6 heteroatoms. The highest BCUT2D eigenvalue weighted by atomic mass is 35.5. The second-order valence-electron chi connectivity index (χ2n) is 7.12. The zero-order valence-corrected chi connectivity index (χ0v) is 15.7. The molecule has 25 heavy (non-hydrogen) atoms. The van der Waals surface area contributed by atoms with Crippen molar-refractivity contribution in [1.82, 2.24) is 9.62 Å². The monoisotopic (exact) mass is 378 g/mol. The van der Waals surface area contributed by atoms with Gasteiger partial charge in [-0.15, -0.1) is 0 Å². The highest BCUT2D eigenvalue weighted by Gasteiger charge is 2.31. The summed E-state index contributed by atoms with van der Waals surface area (Å²) < 4.78 is 27.9. The fourth-order valence-corrected chi connectivity index (χ4v) is 5.45. The summed E-state index contributed by atoms with van der Waals surface area (Å²) in [5.74, 6) is 0.849. The van der Waals surface area contributed by atoms with Crippen molar-refractivity contribution in [3.05, 3.63) is 41.4 Å². The summed E-state index contributed by atoms with van der Waals surface area (Å²) >= 11 is 6.23. The maximum absolute atomic E-state index is 13.2. The molecule has 134 valence electrons. The van der Waals surface area contributed by atoms with Gasteiger partial charge in [-0.1, -0.05) is 35.9 Å². The predicted molar refractivity (Wildman–Crippen MR) is 101 cm³/mol. The van der Waals surface area contributed by atoms with Crippen molar-refractivity contribution in [2.24, 2.45) is 5.92 Å². The third kappa shape index (κ3) is 3.56. The van der Waals surface area contributed by atoms with Crippen LogP contribution in [-0.2, 0) is 10.0 Å². The van der Waals surface area contributed by atoms with Crippen molar-refractivity contribution in [1.29, 1.82) is 0 Å². The lowest BCUT2D eigenvalue weighted by Gasteiger charge is -2.32. The molecule has 0 amide bonds. The van der Waals surface area contributed by atoms with Crippen LogP contribution in [0.3, 0.4) is 0 Å². The Morgan fingerprint density at radius 1 is 1.00 bits per heavy atom. The molecule has 2 aromatic carbocycles. The van der Waals surface area contributed by atoms with Gasteiger partial charge in [-0.25, -0.2) is 8.42 Å². The van der Waals surface area contributed by atoms with E-state index in [-0.39, 0.29) is 0 Å². The fourth-order valence-electron chi connectivity index (χ4n) is 3.55. The van der Waals surface area contributed by atoms with E-state index in [2.05, 4.69) is 5.32 Å². The Hall–Kier alpha value is -1.14. The molecule has 2 aromatic rings. The Labute approximate surface area is 154 Å². The summed E-state index contributed by atoms with van der Waals surface area (Å²) in [6.45, 7) is 2.22. The van der Waals surface area contributed by atoms with Gasteiger partial charge in [-0.2, -0.15) is 4.31 Å². The maximum Gasteiger partial charge on any atom is 0.243 e. The lowest BCUT2D eigenvalue weighted by Crippen LogP contribution is -2.45. The van der Waals surface area contributed by atoms with E-state index in [1.165, 1.54) is 12.8 Å². The van der Waals surface area contributed by atoms with Crippen molar-refractivity contribution in [3.63, 3.8) is 0 Å². The van der Waals surface area contributed by atoms with Gasteiger partial charge in [0.1, 0.15) is 0 Å². The van der Waals surface area contributed by atoms with Crippen molar-refractivity contribution in [2.75, 3.05) is 19.6 Å². The van der Waals surface area contributed by atoms with E-state index < -0.39 is 10.0 Å². The first-order valence-electron chi connectivity index (χ1n) is 8.96. The van der Waals surface area contributed by atoms with Gasteiger partial charge in [-0.3, -0.25) is 0 Å². The van der Waals surface area contributed by atoms with Crippen LogP contribution in [0, 0.1) is 5.92 Å². The number of hydrogen-bond donors (Lipinski definition) is 1. The minimum Gasteiger partial charge on any atom is -0.314 e. The standard InChI is InChI=1S/C19H23ClN2O2S/c20-18-7-8-19(17-4-2-1-3-16(17)18)25(23,24)22-11-9-15(10-12-22)21-13-14-5-6-14/h1-4,7-8,14-15,21H,5-6,9-13H2. The van der Waals surface area contributed by atoms with Crippen LogP contribution in [0.15, 0.2) is 41.3 Å². The van der Waals surface area contributed by atoms with Gasteiger partial charge >= 0.3 is 0 Å². The molecule has 0 spiro atoms. The highest BCUT2D eigenvalue weighted by molar-refractivity contribution is 7.89. The van der Waals surface area contributed by atoms with Crippen LogP contribution in [0.4, 0.5) is 0 Å². The Morgan fingerprint density at radius 3 is 2.36 bits per heavy atom. The van der Waals surface area contributed by atoms with E-state index in [0.717, 1.165) is 30.7 Å². The van der Waals surface area contributed by atoms with Crippen molar-refractivity contribution < 1.29 is 8.42 Å². The molecule has 2 fully saturated rings. The third-order valence-corrected chi connectivity index (χ3v) is 7.58. The quantitative estimate of drug-likeness (QED) is 0.864. The molecule has 1 aliphatic carbocycles. The Morgan fingerprint density at radius 2 is 1.68 bits per heavy atom. The maximum atomic E-state index is 13.2. The molecular formula is C19H23ClN2O2S. The molecule has 4 nitrogen and oxygen atoms in total. The van der Waals surface area contributed by atoms with Gasteiger partial charge in [0.2, 0.25) is 10.0 Å². The molecule has 1 N–H and O–H groups in total. The summed E-state index contributed by atoms with van der Waals surface area (Å²) in [5.41, 5.74) is 0. The number of rotatable bonds is 5. The third-order valence-electron chi connectivity index (χ3n) is 5.29. The van der Waals surface area contributed by atoms with E-state index in [4.69, 9.17) is 11.6 Å². The first-order chi connectivity index (χ1) is 12.1. The van der Waals surface area contributed by atoms with Gasteiger partial charge in [0.25, 0.3) is 0 Å². The van der Waals surface area contributed by atoms with Crippen LogP contribution in [0.2, 0.25) is 5.02 Å². The van der Waals surface area contributed by atoms with E-state index >= 15 is 0 Å². The van der Waals surface area contributed by atoms with E-state index in [0.29, 0.717) is 34.4 Å². The van der Waals surface area contributed by atoms with E-state index in [1.807, 2.05) is 24.3 Å². The molecule has 1 heterocycles. The predicted octanol–water partition coefficient (Wildman–Crippen LogP) is 3.65. The number of fused-ring (bicyclic) bond motifs is 1. The average Bonchev–Trinajstić information content (AvgIpc) is 3.45. The topological polar surface area (TPSA) is 49.4 Å². The summed E-state index contributed by atoms with van der Waals surface area (Å²) in [4.78, 5) is 0.358. The number of sulfonamides is 1. The zero-order chi connectivity index (χ0) is 17.4. The number of nitrogens with one attached hydrogen (secondary N) is 1. The van der Waals surface area contributed by atoms with Crippen LogP contribution in [0.5, 0.6) is 0 Å². The molecular weight excluding hydrogens is 356 g/mol. The fraction of sp³-hybridized carbons (Fsp3) is 0.474. The number of halogens is 1. The molecule has 0 atom stereocenters. The van der Waals surface area contributed by atoms with Crippen LogP contribution < -0.4 is 5.32 Å². The molecule has 1 aliphatic heterocycles. The Bertz CT molecular complexity index is 872. The number of benzene rings is 2. The molecule has 0 bridgehead atoms. The first kappa shape index (κ1) is 17.3. The van der Waals surface area contributed by atoms with Crippen LogP contribution in [0.1, 0.15) is 25.7 Å². The highest BCUT2D eigenvalue weighted by Crippen LogP contribution is 2.32. The largest absolute Gasteiger partial charge is 0.314 e. The normalized spacial score (nSPS) is 20.2. The Kier molecular flexibility index (Phi) is 4.75. The first-order valence-corrected chi connectivity index (χ1v) is 10.8. The van der Waals surface area contributed by atoms with Crippen LogP contribution in [-0.4, -0.2) is 38.4 Å². The molecule has 1 saturated heterocycles. The summed E-state index contributed by atoms with van der Waals surface area (Å²) in [5, 5.41) is 5.66. The van der Waals surface area contributed by atoms with Gasteiger partial charge in [0, 0.05) is 34.9 Å². The molecule has 0 unspecified atom stereocenters. The number of piperidine rings is 1. The van der Waals surface area contributed by atoms with E-state index in [9.17, 15) is 8.42 Å². The van der Waals surface area contributed by atoms with Gasteiger partial charge < -0.3 is 5.32 Å². The lowest BCUT2D eigenvalue weighted by molar-refractivity contribution is 0.288. The smallest absolute Gasteiger partial charge is 0.243 e. The molecule has 0 aromatic heterocycles. The summed E-state index contributed by atoms with van der Waals surface area (Å²) in [6.07, 6.45) is 4.42. The molecule has 2 aliphatic rings. The van der Waals surface area contributed by atoms with Gasteiger partial charge in [0.05, 0.1) is 4.90 Å². The van der Waals surface area contributed by atoms with Crippen LogP contribution >= 0.6 is 11.6 Å². The van der Waals surface area contributed by atoms with Crippen molar-refractivity contribution >= 4 is 32.4 Å². The number of nitrogens with zero attached hydrogens (tertiary/aromatic N) is 1. The van der Waals surface area contributed by atoms with Crippen molar-refractivity contribution in [3.8, 4) is 0 Å². The average molecular weight is 379 g/mol. The summed E-state index contributed by atoms with van der Waals surface area (Å²) in [7, 11) is -3.50. The lowest BCUT2D eigenvalue weighted by atomic mass is 10.1. The zero-order valence-electron chi connectivity index (χ0n) is 14.1. The molecule has 0 radical (unpaired) electrons. The van der Waals surface area contributed by atoms with Gasteiger partial charge in [-0.05, 0) is 50.3 Å². The summed E-state index contributed by atoms with van der Waals surface area (Å²) in [6, 6.07) is 11.2. The minimum atomic E-state index is -3.50. The molecule has 4 rings (SSSR count). The van der Waals surface area contributed by atoms with Crippen LogP contribution in [0.25, 0.3) is 10.8 Å². The SMILES string of the molecule is O=S(=O)(c1ccc(Cl)c2ccccc12)N1CCC(NCC2CC2)CC1. The Balaban J connectivity index is 1.53.